The molecule has 0 aliphatic carbocycles. The van der Waals surface area contributed by atoms with E-state index in [9.17, 15) is 9.59 Å². The quantitative estimate of drug-likeness (QED) is 0.474. The SMILES string of the molecule is O=C(OC(Cl)(Cl)Cl)OC(Cl)(Cl)Cl.O=C1NCCN1c1ccccc1. The number of amides is 2. The van der Waals surface area contributed by atoms with Crippen LogP contribution in [0, 0.1) is 0 Å². The van der Waals surface area contributed by atoms with E-state index < -0.39 is 14.1 Å². The van der Waals surface area contributed by atoms with E-state index in [-0.39, 0.29) is 6.03 Å². The fourth-order valence-electron chi connectivity index (χ4n) is 1.54. The molecular formula is C12H10Cl6N2O4. The fourth-order valence-corrected chi connectivity index (χ4v) is 1.91. The molecule has 1 N–H and O–H groups in total. The van der Waals surface area contributed by atoms with Crippen molar-refractivity contribution in [2.45, 2.75) is 7.96 Å². The Morgan fingerprint density at radius 3 is 1.88 bits per heavy atom. The molecule has 0 unspecified atom stereocenters. The Balaban J connectivity index is 0.000000240. The van der Waals surface area contributed by atoms with Crippen LogP contribution in [0.5, 0.6) is 0 Å². The van der Waals surface area contributed by atoms with Crippen molar-refractivity contribution in [3.05, 3.63) is 30.3 Å². The predicted molar refractivity (Wildman–Crippen MR) is 95.3 cm³/mol. The molecule has 1 aliphatic heterocycles. The summed E-state index contributed by atoms with van der Waals surface area (Å²) in [7, 11) is 0. The van der Waals surface area contributed by atoms with E-state index in [1.54, 1.807) is 4.90 Å². The molecule has 1 aromatic carbocycles. The third-order valence-electron chi connectivity index (χ3n) is 2.32. The van der Waals surface area contributed by atoms with E-state index in [1.807, 2.05) is 30.3 Å². The topological polar surface area (TPSA) is 67.9 Å². The van der Waals surface area contributed by atoms with Gasteiger partial charge in [0, 0.05) is 18.8 Å². The number of nitrogens with one attached hydrogen (secondary N) is 1. The Morgan fingerprint density at radius 2 is 1.50 bits per heavy atom. The van der Waals surface area contributed by atoms with Crippen LogP contribution in [-0.2, 0) is 9.47 Å². The zero-order valence-electron chi connectivity index (χ0n) is 11.6. The number of halogens is 6. The van der Waals surface area contributed by atoms with Crippen LogP contribution in [-0.4, -0.2) is 33.2 Å². The van der Waals surface area contributed by atoms with Gasteiger partial charge in [-0.25, -0.2) is 9.59 Å². The summed E-state index contributed by atoms with van der Waals surface area (Å²) in [6, 6.07) is 9.68. The summed E-state index contributed by atoms with van der Waals surface area (Å²) in [6.45, 7) is 1.51. The Kier molecular flexibility index (Phi) is 8.32. The molecule has 0 saturated carbocycles. The minimum Gasteiger partial charge on any atom is -0.382 e. The molecule has 12 heteroatoms. The summed E-state index contributed by atoms with van der Waals surface area (Å²) >= 11 is 30.2. The molecule has 2 rings (SSSR count). The Morgan fingerprint density at radius 1 is 1.00 bits per heavy atom. The van der Waals surface area contributed by atoms with Crippen LogP contribution < -0.4 is 10.2 Å². The molecular weight excluding hydrogens is 449 g/mol. The molecule has 1 aromatic rings. The molecule has 6 nitrogen and oxygen atoms in total. The zero-order chi connectivity index (χ0) is 18.4. The third-order valence-corrected chi connectivity index (χ3v) is 2.79. The average Bonchev–Trinajstić information content (AvgIpc) is 2.82. The molecule has 0 aromatic heterocycles. The molecule has 1 saturated heterocycles. The van der Waals surface area contributed by atoms with E-state index in [0.29, 0.717) is 0 Å². The van der Waals surface area contributed by atoms with Crippen molar-refractivity contribution in [1.29, 1.82) is 0 Å². The van der Waals surface area contributed by atoms with Gasteiger partial charge >= 0.3 is 20.1 Å². The standard InChI is InChI=1S/C9H10N2O.C3Cl6O3/c12-9-10-6-7-11(9)8-4-2-1-3-5-8;4-2(5,6)11-1(10)12-3(7,8)9/h1-5H,6-7H2,(H,10,12);. The van der Waals surface area contributed by atoms with Crippen molar-refractivity contribution < 1.29 is 19.1 Å². The van der Waals surface area contributed by atoms with Gasteiger partial charge in [0.1, 0.15) is 0 Å². The summed E-state index contributed by atoms with van der Waals surface area (Å²) in [6.07, 6.45) is -1.41. The van der Waals surface area contributed by atoms with E-state index in [0.717, 1.165) is 18.8 Å². The molecule has 1 aliphatic rings. The lowest BCUT2D eigenvalue weighted by atomic mass is 10.3. The molecule has 0 bridgehead atoms. The summed E-state index contributed by atoms with van der Waals surface area (Å²) < 4.78 is 3.50. The molecule has 134 valence electrons. The fraction of sp³-hybridized carbons (Fsp3) is 0.333. The monoisotopic (exact) mass is 456 g/mol. The van der Waals surface area contributed by atoms with Crippen molar-refractivity contribution in [1.82, 2.24) is 5.32 Å². The predicted octanol–water partition coefficient (Wildman–Crippen LogP) is 5.01. The number of carbonyl (C=O) groups is 2. The number of para-hydroxylation sites is 1. The maximum atomic E-state index is 11.2. The Labute approximate surface area is 167 Å². The Bertz CT molecular complexity index is 543. The second-order valence-corrected chi connectivity index (χ2v) is 8.42. The van der Waals surface area contributed by atoms with Gasteiger partial charge in [-0.15, -0.1) is 0 Å². The van der Waals surface area contributed by atoms with Gasteiger partial charge in [-0.1, -0.05) is 18.2 Å². The highest BCUT2D eigenvalue weighted by atomic mass is 35.6. The van der Waals surface area contributed by atoms with Crippen LogP contribution in [0.15, 0.2) is 30.3 Å². The number of anilines is 1. The van der Waals surface area contributed by atoms with Crippen LogP contribution in [0.2, 0.25) is 0 Å². The largest absolute Gasteiger partial charge is 0.515 e. The highest BCUT2D eigenvalue weighted by molar-refractivity contribution is 6.67. The normalized spacial score (nSPS) is 14.4. The van der Waals surface area contributed by atoms with Gasteiger partial charge in [-0.2, -0.15) is 0 Å². The Hall–Kier alpha value is -0.500. The number of rotatable bonds is 1. The number of urea groups is 1. The van der Waals surface area contributed by atoms with Crippen LogP contribution in [0.25, 0.3) is 0 Å². The third kappa shape index (κ3) is 9.11. The lowest BCUT2D eigenvalue weighted by Crippen LogP contribution is -2.27. The highest BCUT2D eigenvalue weighted by Crippen LogP contribution is 2.32. The van der Waals surface area contributed by atoms with E-state index in [2.05, 4.69) is 14.8 Å². The van der Waals surface area contributed by atoms with Gasteiger partial charge < -0.3 is 14.8 Å². The number of hydrogen-bond donors (Lipinski definition) is 1. The van der Waals surface area contributed by atoms with Gasteiger partial charge in [-0.05, 0) is 81.7 Å². The first-order valence-electron chi connectivity index (χ1n) is 6.14. The molecule has 0 spiro atoms. The zero-order valence-corrected chi connectivity index (χ0v) is 16.2. The van der Waals surface area contributed by atoms with E-state index >= 15 is 0 Å². The van der Waals surface area contributed by atoms with Crippen molar-refractivity contribution in [2.24, 2.45) is 0 Å². The number of benzene rings is 1. The number of alkyl halides is 6. The summed E-state index contributed by atoms with van der Waals surface area (Å²) in [4.78, 5) is 23.4. The maximum absolute atomic E-state index is 11.2. The highest BCUT2D eigenvalue weighted by Gasteiger charge is 2.32. The van der Waals surface area contributed by atoms with Crippen molar-refractivity contribution >= 4 is 87.5 Å². The maximum Gasteiger partial charge on any atom is 0.515 e. The van der Waals surface area contributed by atoms with Crippen molar-refractivity contribution in [2.75, 3.05) is 18.0 Å². The van der Waals surface area contributed by atoms with E-state index in [4.69, 9.17) is 69.6 Å². The average molecular weight is 459 g/mol. The van der Waals surface area contributed by atoms with Gasteiger partial charge in [0.25, 0.3) is 0 Å². The lowest BCUT2D eigenvalue weighted by molar-refractivity contribution is 0.0508. The first-order chi connectivity index (χ1) is 11.0. The minimum atomic E-state index is -2.24. The van der Waals surface area contributed by atoms with E-state index in [1.165, 1.54) is 0 Å². The summed E-state index contributed by atoms with van der Waals surface area (Å²) in [5.41, 5.74) is 0.965. The first-order valence-corrected chi connectivity index (χ1v) is 8.40. The number of carbonyl (C=O) groups excluding carboxylic acids is 2. The van der Waals surface area contributed by atoms with Crippen LogP contribution in [0.3, 0.4) is 0 Å². The number of ether oxygens (including phenoxy) is 2. The minimum absolute atomic E-state index is 0.00111. The van der Waals surface area contributed by atoms with Crippen molar-refractivity contribution in [3.8, 4) is 0 Å². The molecule has 1 heterocycles. The second kappa shape index (κ2) is 9.27. The number of hydrogen-bond acceptors (Lipinski definition) is 4. The smallest absolute Gasteiger partial charge is 0.382 e. The van der Waals surface area contributed by atoms with Gasteiger partial charge in [0.2, 0.25) is 0 Å². The molecule has 24 heavy (non-hydrogen) atoms. The molecule has 2 amide bonds. The van der Waals surface area contributed by atoms with Crippen molar-refractivity contribution in [3.63, 3.8) is 0 Å². The summed E-state index contributed by atoms with van der Waals surface area (Å²) in [5, 5.41) is 2.76. The lowest BCUT2D eigenvalue weighted by Gasteiger charge is -2.15. The second-order valence-electron chi connectivity index (χ2n) is 4.06. The van der Waals surface area contributed by atoms with Crippen LogP contribution >= 0.6 is 69.6 Å². The molecule has 0 atom stereocenters. The van der Waals surface area contributed by atoms with Gasteiger partial charge in [0.05, 0.1) is 0 Å². The molecule has 0 radical (unpaired) electrons. The molecule has 1 fully saturated rings. The number of nitrogens with zero attached hydrogens (tertiary/aromatic N) is 1. The van der Waals surface area contributed by atoms with Gasteiger partial charge in [0.15, 0.2) is 0 Å². The van der Waals surface area contributed by atoms with Gasteiger partial charge in [-0.3, -0.25) is 4.90 Å². The van der Waals surface area contributed by atoms with Crippen LogP contribution in [0.1, 0.15) is 0 Å². The van der Waals surface area contributed by atoms with Crippen LogP contribution in [0.4, 0.5) is 15.3 Å². The summed E-state index contributed by atoms with van der Waals surface area (Å²) in [5.74, 6) is 0. The first kappa shape index (κ1) is 21.5.